The molecule has 0 bridgehead atoms. The Morgan fingerprint density at radius 2 is 2.06 bits per heavy atom. The molecule has 1 aromatic rings. The van der Waals surface area contributed by atoms with Crippen LogP contribution < -0.4 is 5.32 Å². The zero-order valence-electron chi connectivity index (χ0n) is 10.4. The van der Waals surface area contributed by atoms with E-state index in [-0.39, 0.29) is 0 Å². The van der Waals surface area contributed by atoms with E-state index >= 15 is 0 Å². The molecule has 1 fully saturated rings. The van der Waals surface area contributed by atoms with Crippen LogP contribution in [0.2, 0.25) is 5.15 Å². The molecular formula is C13H19ClN2O. The van der Waals surface area contributed by atoms with Crippen molar-refractivity contribution in [1.82, 2.24) is 4.98 Å². The standard InChI is InChI=1S/C13H19ClN2O/c1-9-7-8-15-13(14)12(9)16-10-3-5-11(17-2)6-4-10/h7-8,10-11,16H,3-6H2,1-2H3. The Balaban J connectivity index is 1.98. The monoisotopic (exact) mass is 254 g/mol. The lowest BCUT2D eigenvalue weighted by molar-refractivity contribution is 0.0682. The Morgan fingerprint density at radius 3 is 2.65 bits per heavy atom. The van der Waals surface area contributed by atoms with Crippen LogP contribution in [0.15, 0.2) is 12.3 Å². The van der Waals surface area contributed by atoms with Crippen molar-refractivity contribution in [2.24, 2.45) is 0 Å². The fourth-order valence-electron chi connectivity index (χ4n) is 2.35. The zero-order valence-corrected chi connectivity index (χ0v) is 11.1. The van der Waals surface area contributed by atoms with Crippen LogP contribution in [-0.4, -0.2) is 24.2 Å². The third kappa shape index (κ3) is 3.11. The van der Waals surface area contributed by atoms with Crippen LogP contribution in [-0.2, 0) is 4.74 Å². The first kappa shape index (κ1) is 12.7. The number of nitrogens with one attached hydrogen (secondary N) is 1. The van der Waals surface area contributed by atoms with Gasteiger partial charge in [0.25, 0.3) is 0 Å². The molecular weight excluding hydrogens is 236 g/mol. The number of anilines is 1. The summed E-state index contributed by atoms with van der Waals surface area (Å²) >= 11 is 6.11. The number of hydrogen-bond donors (Lipinski definition) is 1. The van der Waals surface area contributed by atoms with Crippen molar-refractivity contribution in [3.8, 4) is 0 Å². The summed E-state index contributed by atoms with van der Waals surface area (Å²) in [5, 5.41) is 4.08. The second-order valence-corrected chi connectivity index (χ2v) is 5.01. The van der Waals surface area contributed by atoms with E-state index in [1.54, 1.807) is 13.3 Å². The van der Waals surface area contributed by atoms with Crippen molar-refractivity contribution in [2.75, 3.05) is 12.4 Å². The van der Waals surface area contributed by atoms with Gasteiger partial charge >= 0.3 is 0 Å². The van der Waals surface area contributed by atoms with E-state index in [0.29, 0.717) is 17.3 Å². The summed E-state index contributed by atoms with van der Waals surface area (Å²) < 4.78 is 5.37. The normalized spacial score (nSPS) is 24.6. The maximum absolute atomic E-state index is 6.11. The van der Waals surface area contributed by atoms with Crippen LogP contribution in [0.25, 0.3) is 0 Å². The second kappa shape index (κ2) is 5.69. The smallest absolute Gasteiger partial charge is 0.152 e. The van der Waals surface area contributed by atoms with Crippen molar-refractivity contribution in [2.45, 2.75) is 44.8 Å². The Bertz CT molecular complexity index is 355. The minimum atomic E-state index is 0.429. The number of rotatable bonds is 3. The molecule has 3 nitrogen and oxygen atoms in total. The predicted octanol–water partition coefficient (Wildman–Crippen LogP) is 3.41. The number of ether oxygens (including phenoxy) is 1. The van der Waals surface area contributed by atoms with Crippen molar-refractivity contribution >= 4 is 17.3 Å². The maximum Gasteiger partial charge on any atom is 0.152 e. The summed E-state index contributed by atoms with van der Waals surface area (Å²) in [4.78, 5) is 4.11. The van der Waals surface area contributed by atoms with E-state index in [1.807, 2.05) is 6.07 Å². The summed E-state index contributed by atoms with van der Waals surface area (Å²) in [5.41, 5.74) is 2.13. The molecule has 17 heavy (non-hydrogen) atoms. The predicted molar refractivity (Wildman–Crippen MR) is 70.7 cm³/mol. The number of halogens is 1. The molecule has 1 aliphatic rings. The highest BCUT2D eigenvalue weighted by molar-refractivity contribution is 6.32. The van der Waals surface area contributed by atoms with Gasteiger partial charge < -0.3 is 10.1 Å². The molecule has 1 aliphatic carbocycles. The van der Waals surface area contributed by atoms with Crippen molar-refractivity contribution < 1.29 is 4.74 Å². The number of aromatic nitrogens is 1. The molecule has 1 saturated carbocycles. The molecule has 0 unspecified atom stereocenters. The lowest BCUT2D eigenvalue weighted by atomic mass is 9.92. The molecule has 0 amide bonds. The van der Waals surface area contributed by atoms with Gasteiger partial charge in [-0.1, -0.05) is 11.6 Å². The van der Waals surface area contributed by atoms with Gasteiger partial charge in [0.15, 0.2) is 5.15 Å². The van der Waals surface area contributed by atoms with Gasteiger partial charge in [-0.15, -0.1) is 0 Å². The van der Waals surface area contributed by atoms with Crippen LogP contribution in [0.5, 0.6) is 0 Å². The number of aryl methyl sites for hydroxylation is 1. The first-order valence-corrected chi connectivity index (χ1v) is 6.49. The zero-order chi connectivity index (χ0) is 12.3. The average Bonchev–Trinajstić information content (AvgIpc) is 2.35. The third-order valence-corrected chi connectivity index (χ3v) is 3.76. The van der Waals surface area contributed by atoms with Gasteiger partial charge in [-0.2, -0.15) is 0 Å². The van der Waals surface area contributed by atoms with Crippen LogP contribution >= 0.6 is 11.6 Å². The first-order chi connectivity index (χ1) is 8.20. The van der Waals surface area contributed by atoms with E-state index in [2.05, 4.69) is 17.2 Å². The average molecular weight is 255 g/mol. The minimum absolute atomic E-state index is 0.429. The van der Waals surface area contributed by atoms with E-state index in [4.69, 9.17) is 16.3 Å². The highest BCUT2D eigenvalue weighted by Crippen LogP contribution is 2.28. The van der Waals surface area contributed by atoms with Crippen LogP contribution in [0, 0.1) is 6.92 Å². The van der Waals surface area contributed by atoms with E-state index in [9.17, 15) is 0 Å². The Morgan fingerprint density at radius 1 is 1.35 bits per heavy atom. The number of methoxy groups -OCH3 is 1. The van der Waals surface area contributed by atoms with E-state index < -0.39 is 0 Å². The van der Waals surface area contributed by atoms with Gasteiger partial charge in [0.05, 0.1) is 11.8 Å². The molecule has 1 aromatic heterocycles. The van der Waals surface area contributed by atoms with Crippen LogP contribution in [0.1, 0.15) is 31.2 Å². The molecule has 4 heteroatoms. The second-order valence-electron chi connectivity index (χ2n) is 4.65. The Kier molecular flexibility index (Phi) is 4.24. The quantitative estimate of drug-likeness (QED) is 0.840. The molecule has 94 valence electrons. The van der Waals surface area contributed by atoms with Crippen molar-refractivity contribution in [3.63, 3.8) is 0 Å². The van der Waals surface area contributed by atoms with E-state index in [0.717, 1.165) is 36.9 Å². The molecule has 1 N–H and O–H groups in total. The first-order valence-electron chi connectivity index (χ1n) is 6.11. The van der Waals surface area contributed by atoms with Gasteiger partial charge in [-0.3, -0.25) is 0 Å². The number of pyridine rings is 1. The molecule has 0 radical (unpaired) electrons. The summed E-state index contributed by atoms with van der Waals surface area (Å²) in [5.74, 6) is 0. The summed E-state index contributed by atoms with van der Waals surface area (Å²) in [6.07, 6.45) is 6.66. The van der Waals surface area contributed by atoms with Gasteiger partial charge in [-0.25, -0.2) is 4.98 Å². The number of nitrogens with zero attached hydrogens (tertiary/aromatic N) is 1. The van der Waals surface area contributed by atoms with E-state index in [1.165, 1.54) is 0 Å². The molecule has 1 heterocycles. The summed E-state index contributed by atoms with van der Waals surface area (Å²) in [6.45, 7) is 2.05. The molecule has 0 aromatic carbocycles. The largest absolute Gasteiger partial charge is 0.381 e. The Labute approximate surface area is 108 Å². The minimum Gasteiger partial charge on any atom is -0.381 e. The molecule has 0 atom stereocenters. The topological polar surface area (TPSA) is 34.1 Å². The van der Waals surface area contributed by atoms with Gasteiger partial charge in [-0.05, 0) is 44.2 Å². The molecule has 2 rings (SSSR count). The van der Waals surface area contributed by atoms with Crippen LogP contribution in [0.4, 0.5) is 5.69 Å². The lowest BCUT2D eigenvalue weighted by Crippen LogP contribution is -2.29. The van der Waals surface area contributed by atoms with Crippen molar-refractivity contribution in [3.05, 3.63) is 23.0 Å². The SMILES string of the molecule is COC1CCC(Nc2c(C)ccnc2Cl)CC1. The maximum atomic E-state index is 6.11. The molecule has 0 aliphatic heterocycles. The summed E-state index contributed by atoms with van der Waals surface area (Å²) in [6, 6.07) is 2.47. The van der Waals surface area contributed by atoms with Gasteiger partial charge in [0, 0.05) is 19.3 Å². The lowest BCUT2D eigenvalue weighted by Gasteiger charge is -2.29. The van der Waals surface area contributed by atoms with Crippen molar-refractivity contribution in [1.29, 1.82) is 0 Å². The van der Waals surface area contributed by atoms with Gasteiger partial charge in [0.2, 0.25) is 0 Å². The summed E-state index contributed by atoms with van der Waals surface area (Å²) in [7, 11) is 1.79. The highest BCUT2D eigenvalue weighted by Gasteiger charge is 2.21. The van der Waals surface area contributed by atoms with Crippen LogP contribution in [0.3, 0.4) is 0 Å². The fraction of sp³-hybridized carbons (Fsp3) is 0.615. The third-order valence-electron chi connectivity index (χ3n) is 3.47. The molecule has 0 saturated heterocycles. The molecule has 0 spiro atoms. The fourth-order valence-corrected chi connectivity index (χ4v) is 2.61. The highest BCUT2D eigenvalue weighted by atomic mass is 35.5. The van der Waals surface area contributed by atoms with Gasteiger partial charge in [0.1, 0.15) is 0 Å². The Hall–Kier alpha value is -0.800. The number of hydrogen-bond acceptors (Lipinski definition) is 3.